The molecule has 1 saturated heterocycles. The van der Waals surface area contributed by atoms with Crippen molar-refractivity contribution in [3.63, 3.8) is 0 Å². The first-order valence-corrected chi connectivity index (χ1v) is 7.45. The molecule has 94 valence electrons. The highest BCUT2D eigenvalue weighted by Gasteiger charge is 2.29. The summed E-state index contributed by atoms with van der Waals surface area (Å²) < 4.78 is 23.1. The van der Waals surface area contributed by atoms with E-state index >= 15 is 0 Å². The molecule has 2 rings (SSSR count). The maximum absolute atomic E-state index is 11.5. The van der Waals surface area contributed by atoms with E-state index in [-0.39, 0.29) is 17.5 Å². The van der Waals surface area contributed by atoms with Crippen LogP contribution in [0.25, 0.3) is 0 Å². The van der Waals surface area contributed by atoms with Crippen LogP contribution in [0.2, 0.25) is 0 Å². The van der Waals surface area contributed by atoms with Crippen molar-refractivity contribution in [2.24, 2.45) is 5.73 Å². The first kappa shape index (κ1) is 12.3. The number of hydrogen-bond acceptors (Lipinski definition) is 5. The van der Waals surface area contributed by atoms with Gasteiger partial charge in [-0.1, -0.05) is 0 Å². The molecular weight excluding hydrogens is 238 g/mol. The minimum atomic E-state index is -2.89. The molecule has 0 radical (unpaired) electrons. The van der Waals surface area contributed by atoms with Crippen molar-refractivity contribution in [1.29, 1.82) is 0 Å². The summed E-state index contributed by atoms with van der Waals surface area (Å²) in [5.41, 5.74) is 7.64. The summed E-state index contributed by atoms with van der Waals surface area (Å²) in [7, 11) is -2.89. The average Bonchev–Trinajstić information content (AvgIpc) is 2.28. The van der Waals surface area contributed by atoms with Crippen LogP contribution in [0.15, 0.2) is 18.5 Å². The maximum Gasteiger partial charge on any atom is 0.154 e. The van der Waals surface area contributed by atoms with E-state index in [0.29, 0.717) is 13.1 Å². The van der Waals surface area contributed by atoms with Gasteiger partial charge in [0.25, 0.3) is 0 Å². The summed E-state index contributed by atoms with van der Waals surface area (Å²) >= 11 is 0. The van der Waals surface area contributed by atoms with E-state index in [4.69, 9.17) is 5.73 Å². The lowest BCUT2D eigenvalue weighted by molar-refractivity contribution is 0.567. The second-order valence-electron chi connectivity index (χ2n) is 4.37. The summed E-state index contributed by atoms with van der Waals surface area (Å²) in [4.78, 5) is 6.17. The Morgan fingerprint density at radius 2 is 2.35 bits per heavy atom. The third-order valence-electron chi connectivity index (χ3n) is 3.09. The van der Waals surface area contributed by atoms with Gasteiger partial charge in [-0.05, 0) is 18.6 Å². The molecule has 1 aliphatic rings. The van der Waals surface area contributed by atoms with Crippen molar-refractivity contribution in [3.05, 3.63) is 24.0 Å². The normalized spacial score (nSPS) is 23.6. The second kappa shape index (κ2) is 4.62. The highest BCUT2D eigenvalue weighted by molar-refractivity contribution is 7.91. The van der Waals surface area contributed by atoms with Gasteiger partial charge in [0.1, 0.15) is 0 Å². The van der Waals surface area contributed by atoms with Crippen molar-refractivity contribution in [2.45, 2.75) is 19.5 Å². The molecule has 6 heteroatoms. The molecule has 1 unspecified atom stereocenters. The number of nitrogens with two attached hydrogens (primary N) is 1. The lowest BCUT2D eigenvalue weighted by atomic mass is 10.1. The lowest BCUT2D eigenvalue weighted by Gasteiger charge is -2.35. The topological polar surface area (TPSA) is 76.3 Å². The first-order chi connectivity index (χ1) is 8.03. The standard InChI is InChI=1S/C11H17N3O2S/c1-9-8-17(15,16)5-4-14(9)11-7-13-3-2-10(11)6-12/h2-3,7,9H,4-6,8,12H2,1H3. The highest BCUT2D eigenvalue weighted by Crippen LogP contribution is 2.24. The summed E-state index contributed by atoms with van der Waals surface area (Å²) in [6, 6.07) is 1.86. The molecule has 0 saturated carbocycles. The quantitative estimate of drug-likeness (QED) is 0.815. The van der Waals surface area contributed by atoms with Crippen LogP contribution in [-0.4, -0.2) is 37.5 Å². The average molecular weight is 255 g/mol. The molecule has 1 fully saturated rings. The van der Waals surface area contributed by atoms with E-state index < -0.39 is 9.84 Å². The molecule has 0 amide bonds. The van der Waals surface area contributed by atoms with Crippen LogP contribution in [0.4, 0.5) is 5.69 Å². The van der Waals surface area contributed by atoms with Crippen LogP contribution in [0.3, 0.4) is 0 Å². The zero-order valence-corrected chi connectivity index (χ0v) is 10.7. The summed E-state index contributed by atoms with van der Waals surface area (Å²) in [5, 5.41) is 0. The number of nitrogens with zero attached hydrogens (tertiary/aromatic N) is 2. The minimum Gasteiger partial charge on any atom is -0.365 e. The van der Waals surface area contributed by atoms with Crippen molar-refractivity contribution in [2.75, 3.05) is 23.0 Å². The number of hydrogen-bond donors (Lipinski definition) is 1. The predicted molar refractivity (Wildman–Crippen MR) is 67.6 cm³/mol. The molecule has 0 spiro atoms. The van der Waals surface area contributed by atoms with Gasteiger partial charge in [0.05, 0.1) is 23.4 Å². The summed E-state index contributed by atoms with van der Waals surface area (Å²) in [6.45, 7) is 2.88. The summed E-state index contributed by atoms with van der Waals surface area (Å²) in [6.07, 6.45) is 3.47. The van der Waals surface area contributed by atoms with Gasteiger partial charge in [0.15, 0.2) is 9.84 Å². The molecule has 17 heavy (non-hydrogen) atoms. The van der Waals surface area contributed by atoms with Crippen LogP contribution in [-0.2, 0) is 16.4 Å². The van der Waals surface area contributed by atoms with Gasteiger partial charge in [-0.3, -0.25) is 4.98 Å². The first-order valence-electron chi connectivity index (χ1n) is 5.63. The Balaban J connectivity index is 2.29. The van der Waals surface area contributed by atoms with Gasteiger partial charge in [-0.25, -0.2) is 8.42 Å². The smallest absolute Gasteiger partial charge is 0.154 e. The molecule has 1 aliphatic heterocycles. The molecule has 1 atom stereocenters. The number of anilines is 1. The van der Waals surface area contributed by atoms with Gasteiger partial charge in [-0.2, -0.15) is 0 Å². The fraction of sp³-hybridized carbons (Fsp3) is 0.545. The fourth-order valence-corrected chi connectivity index (χ4v) is 3.76. The Hall–Kier alpha value is -1.14. The van der Waals surface area contributed by atoms with E-state index in [1.54, 1.807) is 12.4 Å². The predicted octanol–water partition coefficient (Wildman–Crippen LogP) is 0.164. The van der Waals surface area contributed by atoms with Crippen LogP contribution >= 0.6 is 0 Å². The third-order valence-corrected chi connectivity index (χ3v) is 4.88. The largest absolute Gasteiger partial charge is 0.365 e. The Labute approximate surface area is 102 Å². The van der Waals surface area contributed by atoms with Crippen molar-refractivity contribution in [3.8, 4) is 0 Å². The molecule has 0 bridgehead atoms. The van der Waals surface area contributed by atoms with Crippen molar-refractivity contribution < 1.29 is 8.42 Å². The molecule has 0 aromatic carbocycles. The zero-order chi connectivity index (χ0) is 12.5. The molecular formula is C11H17N3O2S. The Kier molecular flexibility index (Phi) is 3.35. The van der Waals surface area contributed by atoms with Crippen molar-refractivity contribution >= 4 is 15.5 Å². The van der Waals surface area contributed by atoms with E-state index in [0.717, 1.165) is 11.3 Å². The Bertz CT molecular complexity index is 501. The third kappa shape index (κ3) is 2.58. The van der Waals surface area contributed by atoms with Gasteiger partial charge in [-0.15, -0.1) is 0 Å². The van der Waals surface area contributed by atoms with E-state index in [1.165, 1.54) is 0 Å². The number of pyridine rings is 1. The second-order valence-corrected chi connectivity index (χ2v) is 6.59. The SMILES string of the molecule is CC1CS(=O)(=O)CCN1c1cnccc1CN. The lowest BCUT2D eigenvalue weighted by Crippen LogP contribution is -2.47. The number of rotatable bonds is 2. The van der Waals surface area contributed by atoms with Gasteiger partial charge in [0, 0.05) is 25.3 Å². The van der Waals surface area contributed by atoms with Gasteiger partial charge >= 0.3 is 0 Å². The van der Waals surface area contributed by atoms with E-state index in [2.05, 4.69) is 9.88 Å². The monoisotopic (exact) mass is 255 g/mol. The Morgan fingerprint density at radius 3 is 3.00 bits per heavy atom. The van der Waals surface area contributed by atoms with Crippen LogP contribution in [0.5, 0.6) is 0 Å². The molecule has 1 aromatic heterocycles. The van der Waals surface area contributed by atoms with Crippen molar-refractivity contribution in [1.82, 2.24) is 4.98 Å². The number of aromatic nitrogens is 1. The molecule has 2 N–H and O–H groups in total. The summed E-state index contributed by atoms with van der Waals surface area (Å²) in [5.74, 6) is 0.405. The maximum atomic E-state index is 11.5. The molecule has 5 nitrogen and oxygen atoms in total. The van der Waals surface area contributed by atoms with Crippen LogP contribution in [0.1, 0.15) is 12.5 Å². The van der Waals surface area contributed by atoms with Crippen LogP contribution < -0.4 is 10.6 Å². The van der Waals surface area contributed by atoms with E-state index in [1.807, 2.05) is 13.0 Å². The van der Waals surface area contributed by atoms with Gasteiger partial charge < -0.3 is 10.6 Å². The van der Waals surface area contributed by atoms with E-state index in [9.17, 15) is 8.42 Å². The molecule has 1 aromatic rings. The zero-order valence-electron chi connectivity index (χ0n) is 9.83. The van der Waals surface area contributed by atoms with Gasteiger partial charge in [0.2, 0.25) is 0 Å². The Morgan fingerprint density at radius 1 is 1.59 bits per heavy atom. The minimum absolute atomic E-state index is 0.0248. The van der Waals surface area contributed by atoms with Crippen LogP contribution in [0, 0.1) is 0 Å². The molecule has 0 aliphatic carbocycles. The highest BCUT2D eigenvalue weighted by atomic mass is 32.2. The number of sulfone groups is 1. The molecule has 2 heterocycles. The fourth-order valence-electron chi connectivity index (χ4n) is 2.20.